The van der Waals surface area contributed by atoms with Gasteiger partial charge in [0.15, 0.2) is 0 Å². The summed E-state index contributed by atoms with van der Waals surface area (Å²) in [6.07, 6.45) is 5.29. The minimum atomic E-state index is -4.00. The number of imidazole rings is 1. The van der Waals surface area contributed by atoms with Gasteiger partial charge in [-0.1, -0.05) is 24.3 Å². The Kier molecular flexibility index (Phi) is 7.45. The zero-order valence-electron chi connectivity index (χ0n) is 16.0. The average Bonchev–Trinajstić information content (AvgIpc) is 3.20. The van der Waals surface area contributed by atoms with E-state index >= 15 is 0 Å². The number of hydrogen-bond donors (Lipinski definition) is 3. The van der Waals surface area contributed by atoms with E-state index in [0.717, 1.165) is 0 Å². The molecule has 0 aliphatic heterocycles. The van der Waals surface area contributed by atoms with Gasteiger partial charge in [0.2, 0.25) is 0 Å². The van der Waals surface area contributed by atoms with Gasteiger partial charge in [-0.2, -0.15) is 8.42 Å². The Hall–Kier alpha value is -3.50. The Balaban J connectivity index is 0.000000269. The summed E-state index contributed by atoms with van der Waals surface area (Å²) in [6.45, 7) is 2.14. The summed E-state index contributed by atoms with van der Waals surface area (Å²) in [5.74, 6) is -2.22. The number of aromatic carboxylic acids is 2. The fourth-order valence-corrected chi connectivity index (χ4v) is 3.28. The van der Waals surface area contributed by atoms with Crippen molar-refractivity contribution >= 4 is 22.1 Å². The number of carbonyl (C=O) groups is 2. The number of nitrogens with zero attached hydrogens (tertiary/aromatic N) is 2. The molecular formula is C20H20N2O7S. The van der Waals surface area contributed by atoms with Crippen molar-refractivity contribution in [1.29, 1.82) is 0 Å². The molecule has 3 N–H and O–H groups in total. The Morgan fingerprint density at radius 1 is 1.03 bits per heavy atom. The second kappa shape index (κ2) is 9.81. The molecular weight excluding hydrogens is 412 g/mol. The largest absolute Gasteiger partial charge is 0.478 e. The van der Waals surface area contributed by atoms with Crippen LogP contribution in [0.5, 0.6) is 0 Å². The number of carboxylic acid groups (broad SMARTS) is 2. The van der Waals surface area contributed by atoms with Crippen LogP contribution in [0.15, 0.2) is 66.1 Å². The van der Waals surface area contributed by atoms with Crippen LogP contribution in [-0.2, 0) is 23.1 Å². The molecule has 1 aromatic heterocycles. The van der Waals surface area contributed by atoms with E-state index in [1.807, 2.05) is 0 Å². The lowest BCUT2D eigenvalue weighted by molar-refractivity contribution is 0.0694. The van der Waals surface area contributed by atoms with Gasteiger partial charge in [0.25, 0.3) is 10.1 Å². The zero-order valence-corrected chi connectivity index (χ0v) is 16.8. The molecule has 3 rings (SSSR count). The lowest BCUT2D eigenvalue weighted by atomic mass is 9.94. The van der Waals surface area contributed by atoms with Crippen LogP contribution >= 0.6 is 0 Å². The molecule has 10 heteroatoms. The molecule has 0 bridgehead atoms. The fraction of sp³-hybridized carbons (Fsp3) is 0.150. The summed E-state index contributed by atoms with van der Waals surface area (Å²) in [6, 6.07) is 10.4. The van der Waals surface area contributed by atoms with Gasteiger partial charge in [-0.15, -0.1) is 0 Å². The first-order valence-electron chi connectivity index (χ1n) is 8.68. The standard InChI is InChI=1S/C14H14N2O4.C6H6O3S/c1-9-2-3-11(13(17)18)10(12(9)14(19)20)4-6-16-7-5-15-8-16;7-10(8,9)6-4-2-1-3-5-6/h2-3,5,7-8H,4,6H2,1H3,(H,17,18)(H,19,20);1-5H,(H,7,8,9). The third kappa shape index (κ3) is 6.00. The number of carboxylic acids is 2. The van der Waals surface area contributed by atoms with Crippen LogP contribution < -0.4 is 0 Å². The van der Waals surface area contributed by atoms with E-state index < -0.39 is 22.1 Å². The van der Waals surface area contributed by atoms with Gasteiger partial charge in [-0.05, 0) is 42.7 Å². The SMILES string of the molecule is Cc1ccc(C(=O)O)c(CCn2ccnc2)c1C(=O)O.O=S(=O)(O)c1ccccc1. The van der Waals surface area contributed by atoms with Crippen molar-refractivity contribution in [3.05, 3.63) is 83.4 Å². The molecule has 0 radical (unpaired) electrons. The van der Waals surface area contributed by atoms with Crippen LogP contribution in [-0.4, -0.2) is 44.7 Å². The Bertz CT molecular complexity index is 1130. The van der Waals surface area contributed by atoms with Gasteiger partial charge in [0, 0.05) is 18.9 Å². The average molecular weight is 432 g/mol. The van der Waals surface area contributed by atoms with E-state index in [2.05, 4.69) is 4.98 Å². The van der Waals surface area contributed by atoms with Crippen molar-refractivity contribution in [2.24, 2.45) is 0 Å². The Morgan fingerprint density at radius 3 is 2.17 bits per heavy atom. The molecule has 9 nitrogen and oxygen atoms in total. The second-order valence-corrected chi connectivity index (χ2v) is 7.65. The van der Waals surface area contributed by atoms with Crippen LogP contribution in [0.25, 0.3) is 0 Å². The predicted molar refractivity (Wildman–Crippen MR) is 107 cm³/mol. The van der Waals surface area contributed by atoms with E-state index in [9.17, 15) is 28.2 Å². The highest BCUT2D eigenvalue weighted by Gasteiger charge is 2.20. The summed E-state index contributed by atoms with van der Waals surface area (Å²) < 4.78 is 31.0. The van der Waals surface area contributed by atoms with Crippen molar-refractivity contribution in [2.75, 3.05) is 0 Å². The first-order valence-corrected chi connectivity index (χ1v) is 10.1. The number of aryl methyl sites for hydroxylation is 2. The maximum Gasteiger partial charge on any atom is 0.336 e. The van der Waals surface area contributed by atoms with Crippen LogP contribution in [0.1, 0.15) is 31.8 Å². The van der Waals surface area contributed by atoms with E-state index in [1.165, 1.54) is 24.3 Å². The first-order chi connectivity index (χ1) is 14.1. The lowest BCUT2D eigenvalue weighted by Crippen LogP contribution is -2.14. The van der Waals surface area contributed by atoms with Crippen LogP contribution in [0.2, 0.25) is 0 Å². The minimum Gasteiger partial charge on any atom is -0.478 e. The molecule has 2 aromatic carbocycles. The lowest BCUT2D eigenvalue weighted by Gasteiger charge is -2.12. The number of aromatic nitrogens is 2. The van der Waals surface area contributed by atoms with Gasteiger partial charge in [0.05, 0.1) is 22.3 Å². The number of rotatable bonds is 6. The van der Waals surface area contributed by atoms with Crippen LogP contribution in [0.3, 0.4) is 0 Å². The maximum absolute atomic E-state index is 11.4. The van der Waals surface area contributed by atoms with E-state index in [4.69, 9.17) is 4.55 Å². The molecule has 30 heavy (non-hydrogen) atoms. The second-order valence-electron chi connectivity index (χ2n) is 6.23. The van der Waals surface area contributed by atoms with Crippen molar-refractivity contribution in [1.82, 2.24) is 9.55 Å². The van der Waals surface area contributed by atoms with E-state index in [0.29, 0.717) is 24.1 Å². The Morgan fingerprint density at radius 2 is 1.70 bits per heavy atom. The van der Waals surface area contributed by atoms with Gasteiger partial charge >= 0.3 is 11.9 Å². The summed E-state index contributed by atoms with van der Waals surface area (Å²) in [5.41, 5.74) is 1.01. The molecule has 0 saturated heterocycles. The van der Waals surface area contributed by atoms with Crippen LogP contribution in [0, 0.1) is 6.92 Å². The molecule has 0 aliphatic rings. The summed E-state index contributed by atoms with van der Waals surface area (Å²) >= 11 is 0. The molecule has 0 saturated carbocycles. The van der Waals surface area contributed by atoms with Gasteiger partial charge in [-0.3, -0.25) is 4.55 Å². The number of benzene rings is 2. The molecule has 0 aliphatic carbocycles. The molecule has 0 spiro atoms. The Labute approximate surface area is 173 Å². The normalized spacial score (nSPS) is 10.7. The highest BCUT2D eigenvalue weighted by atomic mass is 32.2. The molecule has 158 valence electrons. The highest BCUT2D eigenvalue weighted by molar-refractivity contribution is 7.85. The van der Waals surface area contributed by atoms with Gasteiger partial charge in [0.1, 0.15) is 0 Å². The topological polar surface area (TPSA) is 147 Å². The predicted octanol–water partition coefficient (Wildman–Crippen LogP) is 2.76. The van der Waals surface area contributed by atoms with Crippen LogP contribution in [0.4, 0.5) is 0 Å². The van der Waals surface area contributed by atoms with Crippen molar-refractivity contribution in [3.63, 3.8) is 0 Å². The smallest absolute Gasteiger partial charge is 0.336 e. The minimum absolute atomic E-state index is 0.0353. The molecule has 0 amide bonds. The highest BCUT2D eigenvalue weighted by Crippen LogP contribution is 2.21. The summed E-state index contributed by atoms with van der Waals surface area (Å²) in [4.78, 5) is 26.4. The summed E-state index contributed by atoms with van der Waals surface area (Å²) in [7, 11) is -4.00. The van der Waals surface area contributed by atoms with Gasteiger partial charge < -0.3 is 14.8 Å². The zero-order chi connectivity index (χ0) is 22.3. The number of hydrogen-bond acceptors (Lipinski definition) is 5. The molecule has 0 unspecified atom stereocenters. The first kappa shape index (κ1) is 22.8. The van der Waals surface area contributed by atoms with E-state index in [1.54, 1.807) is 48.4 Å². The van der Waals surface area contributed by atoms with Crippen molar-refractivity contribution in [2.45, 2.75) is 24.8 Å². The molecule has 0 atom stereocenters. The molecule has 1 heterocycles. The van der Waals surface area contributed by atoms with Gasteiger partial charge in [-0.25, -0.2) is 14.6 Å². The third-order valence-corrected chi connectivity index (χ3v) is 5.05. The maximum atomic E-state index is 11.4. The third-order valence-electron chi connectivity index (χ3n) is 4.19. The quantitative estimate of drug-likeness (QED) is 0.504. The van der Waals surface area contributed by atoms with E-state index in [-0.39, 0.29) is 16.0 Å². The monoisotopic (exact) mass is 432 g/mol. The molecule has 0 fully saturated rings. The van der Waals surface area contributed by atoms with Crippen molar-refractivity contribution in [3.8, 4) is 0 Å². The molecule has 3 aromatic rings. The summed E-state index contributed by atoms with van der Waals surface area (Å²) in [5, 5.41) is 18.5. The fourth-order valence-electron chi connectivity index (χ4n) is 2.78. The van der Waals surface area contributed by atoms with Crippen molar-refractivity contribution < 1.29 is 32.8 Å².